The predicted molar refractivity (Wildman–Crippen MR) is 100 cm³/mol. The number of carbonyl (C=O) groups is 1. The Bertz CT molecular complexity index is 1020. The fraction of sp³-hybridized carbons (Fsp3) is 0.250. The van der Waals surface area contributed by atoms with E-state index >= 15 is 0 Å². The fourth-order valence-corrected chi connectivity index (χ4v) is 3.15. The Hall–Kier alpha value is -2.99. The average Bonchev–Trinajstić information content (AvgIpc) is 2.97. The molecule has 2 N–H and O–H groups in total. The molecule has 5 nitrogen and oxygen atoms in total. The molecule has 0 saturated carbocycles. The number of aliphatic carboxylic acids is 1. The normalized spacial score (nSPS) is 17.0. The van der Waals surface area contributed by atoms with Gasteiger partial charge in [0.15, 0.2) is 5.92 Å². The summed E-state index contributed by atoms with van der Waals surface area (Å²) < 4.78 is 88.4. The minimum Gasteiger partial charge on any atom is -0.478 e. The maximum Gasteiger partial charge on any atom is 0.492 e. The molecule has 0 spiro atoms. The highest BCUT2D eigenvalue weighted by Gasteiger charge is 2.56. The first-order chi connectivity index (χ1) is 14.8. The Balaban J connectivity index is 2.03. The van der Waals surface area contributed by atoms with E-state index in [0.29, 0.717) is 5.75 Å². The molecule has 170 valence electrons. The number of benzene rings is 2. The molecule has 12 heteroatoms. The molecule has 1 atom stereocenters. The highest BCUT2D eigenvalue weighted by Crippen LogP contribution is 2.43. The summed E-state index contributed by atoms with van der Waals surface area (Å²) in [6.45, 7) is 1.84. The number of hydrogen-bond donors (Lipinski definition) is 2. The molecule has 0 bridgehead atoms. The summed E-state index contributed by atoms with van der Waals surface area (Å²) in [7, 11) is -1.75. The number of carboxylic acid groups (broad SMARTS) is 1. The molecule has 0 aromatic heterocycles. The first kappa shape index (κ1) is 23.7. The van der Waals surface area contributed by atoms with Gasteiger partial charge in [0.2, 0.25) is 0 Å². The summed E-state index contributed by atoms with van der Waals surface area (Å²) in [4.78, 5) is 11.6. The Labute approximate surface area is 178 Å². The van der Waals surface area contributed by atoms with Gasteiger partial charge in [0, 0.05) is 0 Å². The molecule has 0 radical (unpaired) electrons. The number of halogens is 6. The van der Waals surface area contributed by atoms with Gasteiger partial charge in [-0.05, 0) is 42.2 Å². The highest BCUT2D eigenvalue weighted by molar-refractivity contribution is 6.62. The van der Waals surface area contributed by atoms with Gasteiger partial charge in [-0.25, -0.2) is 4.79 Å². The van der Waals surface area contributed by atoms with Crippen LogP contribution in [0.4, 0.5) is 26.3 Å². The molecular weight excluding hydrogens is 445 g/mol. The Kier molecular flexibility index (Phi) is 6.30. The molecule has 3 rings (SSSR count). The van der Waals surface area contributed by atoms with Crippen LogP contribution in [0.5, 0.6) is 11.5 Å². The number of allylic oxidation sites excluding steroid dienone is 1. The summed E-state index contributed by atoms with van der Waals surface area (Å²) in [6, 6.07) is 10.6. The van der Waals surface area contributed by atoms with Gasteiger partial charge in [-0.1, -0.05) is 29.8 Å². The topological polar surface area (TPSA) is 76.0 Å². The lowest BCUT2D eigenvalue weighted by Crippen LogP contribution is -2.36. The first-order valence-electron chi connectivity index (χ1n) is 9.07. The Morgan fingerprint density at radius 3 is 2.16 bits per heavy atom. The number of alkyl halides is 6. The van der Waals surface area contributed by atoms with Crippen molar-refractivity contribution in [3.8, 4) is 11.5 Å². The third-order valence-corrected chi connectivity index (χ3v) is 4.71. The van der Waals surface area contributed by atoms with E-state index in [-0.39, 0.29) is 16.8 Å². The van der Waals surface area contributed by atoms with Gasteiger partial charge >= 0.3 is 25.4 Å². The van der Waals surface area contributed by atoms with Crippen LogP contribution < -0.4 is 10.2 Å². The molecule has 0 aliphatic carbocycles. The summed E-state index contributed by atoms with van der Waals surface area (Å²) in [5.41, 5.74) is -0.495. The van der Waals surface area contributed by atoms with Gasteiger partial charge in [-0.2, -0.15) is 26.3 Å². The van der Waals surface area contributed by atoms with E-state index in [4.69, 9.17) is 9.39 Å². The summed E-state index contributed by atoms with van der Waals surface area (Å²) >= 11 is 0. The summed E-state index contributed by atoms with van der Waals surface area (Å²) in [6.07, 6.45) is -13.9. The molecule has 32 heavy (non-hydrogen) atoms. The van der Waals surface area contributed by atoms with Gasteiger partial charge in [0.25, 0.3) is 0 Å². The quantitative estimate of drug-likeness (QED) is 0.396. The second-order valence-corrected chi connectivity index (χ2v) is 7.06. The lowest BCUT2D eigenvalue weighted by molar-refractivity contribution is -0.268. The van der Waals surface area contributed by atoms with Crippen LogP contribution in [0.1, 0.15) is 17.2 Å². The second-order valence-electron chi connectivity index (χ2n) is 7.06. The first-order valence-corrected chi connectivity index (χ1v) is 9.07. The smallest absolute Gasteiger partial charge is 0.478 e. The van der Waals surface area contributed by atoms with E-state index in [2.05, 4.69) is 0 Å². The molecule has 2 aromatic carbocycles. The van der Waals surface area contributed by atoms with E-state index in [0.717, 1.165) is 5.56 Å². The Morgan fingerprint density at radius 1 is 1.06 bits per heavy atom. The number of fused-ring (bicyclic) bond motifs is 1. The monoisotopic (exact) mass is 460 g/mol. The minimum absolute atomic E-state index is 0.00558. The van der Waals surface area contributed by atoms with Crippen LogP contribution in [-0.2, 0) is 9.45 Å². The second kappa shape index (κ2) is 8.51. The van der Waals surface area contributed by atoms with E-state index in [9.17, 15) is 41.3 Å². The Morgan fingerprint density at radius 2 is 1.62 bits per heavy atom. The molecule has 1 unspecified atom stereocenters. The predicted octanol–water partition coefficient (Wildman–Crippen LogP) is 4.30. The van der Waals surface area contributed by atoms with Crippen molar-refractivity contribution in [2.24, 2.45) is 5.92 Å². The lowest BCUT2D eigenvalue weighted by atomic mass is 9.79. The van der Waals surface area contributed by atoms with Crippen LogP contribution in [0.25, 0.3) is 0 Å². The van der Waals surface area contributed by atoms with Gasteiger partial charge in [-0.15, -0.1) is 0 Å². The molecule has 2 aromatic rings. The van der Waals surface area contributed by atoms with Crippen LogP contribution in [0, 0.1) is 12.8 Å². The van der Waals surface area contributed by atoms with Crippen molar-refractivity contribution in [3.63, 3.8) is 0 Å². The zero-order chi connectivity index (χ0) is 23.8. The van der Waals surface area contributed by atoms with Gasteiger partial charge in [-0.3, -0.25) is 0 Å². The maximum absolute atomic E-state index is 13.0. The zero-order valence-electron chi connectivity index (χ0n) is 16.2. The van der Waals surface area contributed by atoms with Crippen LogP contribution in [-0.4, -0.2) is 35.6 Å². The van der Waals surface area contributed by atoms with Crippen molar-refractivity contribution in [1.82, 2.24) is 0 Å². The number of hydrogen-bond acceptors (Lipinski definition) is 4. The zero-order valence-corrected chi connectivity index (χ0v) is 16.2. The number of aryl methyl sites for hydroxylation is 1. The van der Waals surface area contributed by atoms with Gasteiger partial charge < -0.3 is 19.5 Å². The van der Waals surface area contributed by atoms with Crippen molar-refractivity contribution in [3.05, 3.63) is 65.2 Å². The number of ether oxygens (including phenoxy) is 1. The van der Waals surface area contributed by atoms with Crippen molar-refractivity contribution in [2.75, 3.05) is 0 Å². The van der Waals surface area contributed by atoms with Crippen LogP contribution in [0.3, 0.4) is 0 Å². The minimum atomic E-state index is -5.78. The fourth-order valence-electron chi connectivity index (χ4n) is 3.15. The summed E-state index contributed by atoms with van der Waals surface area (Å²) in [5, 5.41) is 19.4. The van der Waals surface area contributed by atoms with Gasteiger partial charge in [0.1, 0.15) is 17.6 Å². The van der Waals surface area contributed by atoms with E-state index in [1.54, 1.807) is 24.3 Å². The van der Waals surface area contributed by atoms with Crippen molar-refractivity contribution >= 4 is 18.6 Å². The third kappa shape index (κ3) is 5.08. The van der Waals surface area contributed by atoms with Crippen LogP contribution >= 0.6 is 0 Å². The SMILES string of the molecule is Cc1ccc(Oc2ccc3c(c2)C(C(=CC(C(F)(F)F)C(F)(F)F)C(=O)O)OB3O)cc1. The third-order valence-electron chi connectivity index (χ3n) is 4.71. The molecule has 1 aliphatic heterocycles. The highest BCUT2D eigenvalue weighted by atomic mass is 19.4. The van der Waals surface area contributed by atoms with Crippen molar-refractivity contribution in [2.45, 2.75) is 25.4 Å². The standard InChI is InChI=1S/C20H15BF6O5/c1-10-2-4-11(5-3-10)31-12-6-7-15-13(8-12)17(32-21(15)30)14(18(28)29)9-16(19(22,23)24)20(25,26)27/h2-9,16-17,30H,1H3,(H,28,29). The van der Waals surface area contributed by atoms with Gasteiger partial charge in [0.05, 0.1) is 5.57 Å². The molecule has 1 aliphatic rings. The molecule has 1 heterocycles. The molecule has 0 amide bonds. The van der Waals surface area contributed by atoms with Crippen molar-refractivity contribution in [1.29, 1.82) is 0 Å². The molecule has 0 fully saturated rings. The average molecular weight is 460 g/mol. The van der Waals surface area contributed by atoms with E-state index in [1.165, 1.54) is 18.2 Å². The van der Waals surface area contributed by atoms with E-state index < -0.39 is 49.1 Å². The lowest BCUT2D eigenvalue weighted by Gasteiger charge is -2.22. The molecular formula is C20H15BF6O5. The van der Waals surface area contributed by atoms with Crippen molar-refractivity contribution < 1.29 is 50.7 Å². The van der Waals surface area contributed by atoms with Crippen LogP contribution in [0.2, 0.25) is 0 Å². The largest absolute Gasteiger partial charge is 0.492 e. The van der Waals surface area contributed by atoms with E-state index in [1.807, 2.05) is 6.92 Å². The molecule has 0 saturated heterocycles. The summed E-state index contributed by atoms with van der Waals surface area (Å²) in [5.74, 6) is -5.59. The maximum atomic E-state index is 13.0. The number of carboxylic acids is 1. The van der Waals surface area contributed by atoms with Crippen LogP contribution in [0.15, 0.2) is 54.1 Å². The number of rotatable bonds is 5.